The van der Waals surface area contributed by atoms with Crippen LogP contribution in [0.5, 0.6) is 0 Å². The molecule has 106 valence electrons. The zero-order chi connectivity index (χ0) is 12.6. The van der Waals surface area contributed by atoms with Gasteiger partial charge in [-0.25, -0.2) is 0 Å². The topological polar surface area (TPSA) is 15.3 Å². The van der Waals surface area contributed by atoms with Crippen LogP contribution in [0, 0.1) is 5.92 Å². The van der Waals surface area contributed by atoms with E-state index >= 15 is 0 Å². The molecule has 1 N–H and O–H groups in total. The molecule has 0 saturated heterocycles. The van der Waals surface area contributed by atoms with Gasteiger partial charge in [-0.05, 0) is 38.6 Å². The molecule has 2 saturated carbocycles. The third-order valence-electron chi connectivity index (χ3n) is 4.83. The highest BCUT2D eigenvalue weighted by atomic mass is 15.1. The van der Waals surface area contributed by atoms with Crippen molar-refractivity contribution in [3.63, 3.8) is 0 Å². The van der Waals surface area contributed by atoms with E-state index < -0.39 is 0 Å². The summed E-state index contributed by atoms with van der Waals surface area (Å²) in [5.74, 6) is 0.993. The Kier molecular flexibility index (Phi) is 6.50. The van der Waals surface area contributed by atoms with Gasteiger partial charge in [-0.1, -0.05) is 38.5 Å². The Morgan fingerprint density at radius 3 is 2.17 bits per heavy atom. The first-order chi connectivity index (χ1) is 8.84. The number of hydrogen-bond donors (Lipinski definition) is 1. The lowest BCUT2D eigenvalue weighted by Crippen LogP contribution is -2.37. The lowest BCUT2D eigenvalue weighted by atomic mass is 10.1. The maximum atomic E-state index is 3.78. The van der Waals surface area contributed by atoms with Gasteiger partial charge >= 0.3 is 0 Å². The van der Waals surface area contributed by atoms with E-state index in [1.54, 1.807) is 0 Å². The summed E-state index contributed by atoms with van der Waals surface area (Å²) < 4.78 is 0. The van der Waals surface area contributed by atoms with E-state index in [4.69, 9.17) is 0 Å². The Balaban J connectivity index is 1.53. The quantitative estimate of drug-likeness (QED) is 0.729. The molecule has 0 aromatic carbocycles. The molecule has 0 heterocycles. The van der Waals surface area contributed by atoms with Gasteiger partial charge in [0.2, 0.25) is 0 Å². The summed E-state index contributed by atoms with van der Waals surface area (Å²) in [7, 11) is 2.30. The Morgan fingerprint density at radius 2 is 1.50 bits per heavy atom. The van der Waals surface area contributed by atoms with Gasteiger partial charge in [-0.3, -0.25) is 0 Å². The predicted octanol–water partition coefficient (Wildman–Crippen LogP) is 3.42. The second-order valence-electron chi connectivity index (χ2n) is 6.56. The molecule has 0 amide bonds. The highest BCUT2D eigenvalue weighted by Gasteiger charge is 2.17. The zero-order valence-electron chi connectivity index (χ0n) is 12.3. The Bertz CT molecular complexity index is 203. The molecule has 2 heteroatoms. The third kappa shape index (κ3) is 5.27. The summed E-state index contributed by atoms with van der Waals surface area (Å²) in [5, 5.41) is 3.78. The summed E-state index contributed by atoms with van der Waals surface area (Å²) in [6.07, 6.45) is 14.5. The number of nitrogens with zero attached hydrogens (tertiary/aromatic N) is 1. The van der Waals surface area contributed by atoms with Crippen molar-refractivity contribution in [3.8, 4) is 0 Å². The monoisotopic (exact) mass is 252 g/mol. The van der Waals surface area contributed by atoms with E-state index in [1.807, 2.05) is 0 Å². The first-order valence-corrected chi connectivity index (χ1v) is 8.26. The van der Waals surface area contributed by atoms with Crippen LogP contribution in [0.15, 0.2) is 0 Å². The van der Waals surface area contributed by atoms with Crippen LogP contribution < -0.4 is 5.32 Å². The molecule has 0 unspecified atom stereocenters. The highest BCUT2D eigenvalue weighted by molar-refractivity contribution is 4.73. The molecule has 2 aliphatic carbocycles. The number of nitrogens with one attached hydrogen (secondary N) is 1. The predicted molar refractivity (Wildman–Crippen MR) is 78.9 cm³/mol. The molecular weight excluding hydrogens is 220 g/mol. The smallest absolute Gasteiger partial charge is 0.0104 e. The van der Waals surface area contributed by atoms with Gasteiger partial charge in [0.05, 0.1) is 0 Å². The molecule has 0 aliphatic heterocycles. The molecule has 0 spiro atoms. The fourth-order valence-electron chi connectivity index (χ4n) is 3.67. The molecule has 2 fully saturated rings. The van der Waals surface area contributed by atoms with Crippen LogP contribution in [0.1, 0.15) is 64.2 Å². The Hall–Kier alpha value is -0.0800. The van der Waals surface area contributed by atoms with Crippen LogP contribution in [0.3, 0.4) is 0 Å². The molecule has 0 aromatic rings. The first kappa shape index (κ1) is 14.3. The van der Waals surface area contributed by atoms with Crippen molar-refractivity contribution in [1.29, 1.82) is 0 Å². The van der Waals surface area contributed by atoms with Crippen molar-refractivity contribution in [3.05, 3.63) is 0 Å². The van der Waals surface area contributed by atoms with Gasteiger partial charge in [0, 0.05) is 25.7 Å². The van der Waals surface area contributed by atoms with Crippen molar-refractivity contribution in [2.45, 2.75) is 70.3 Å². The maximum Gasteiger partial charge on any atom is 0.0104 e. The summed E-state index contributed by atoms with van der Waals surface area (Å²) in [6, 6.07) is 0.812. The Morgan fingerprint density at radius 1 is 0.889 bits per heavy atom. The standard InChI is InChI=1S/C16H32N2/c1-18(14-15-8-6-7-9-15)13-12-17-16-10-4-2-3-5-11-16/h15-17H,2-14H2,1H3. The van der Waals surface area contributed by atoms with Crippen molar-refractivity contribution >= 4 is 0 Å². The molecule has 2 aliphatic rings. The maximum absolute atomic E-state index is 3.78. The van der Waals surface area contributed by atoms with Crippen molar-refractivity contribution < 1.29 is 0 Å². The van der Waals surface area contributed by atoms with Crippen molar-refractivity contribution in [2.24, 2.45) is 5.92 Å². The van der Waals surface area contributed by atoms with E-state index in [1.165, 1.54) is 83.8 Å². The van der Waals surface area contributed by atoms with Gasteiger partial charge in [0.25, 0.3) is 0 Å². The second kappa shape index (κ2) is 8.16. The van der Waals surface area contributed by atoms with Gasteiger partial charge in [0.1, 0.15) is 0 Å². The second-order valence-corrected chi connectivity index (χ2v) is 6.56. The van der Waals surface area contributed by atoms with E-state index in [-0.39, 0.29) is 0 Å². The molecule has 2 rings (SSSR count). The van der Waals surface area contributed by atoms with Crippen molar-refractivity contribution in [1.82, 2.24) is 10.2 Å². The number of hydrogen-bond acceptors (Lipinski definition) is 2. The summed E-state index contributed by atoms with van der Waals surface area (Å²) >= 11 is 0. The van der Waals surface area contributed by atoms with E-state index in [9.17, 15) is 0 Å². The minimum atomic E-state index is 0.812. The largest absolute Gasteiger partial charge is 0.313 e. The number of rotatable bonds is 6. The lowest BCUT2D eigenvalue weighted by Gasteiger charge is -2.23. The minimum absolute atomic E-state index is 0.812. The fourth-order valence-corrected chi connectivity index (χ4v) is 3.67. The van der Waals surface area contributed by atoms with E-state index in [0.29, 0.717) is 0 Å². The van der Waals surface area contributed by atoms with Gasteiger partial charge < -0.3 is 10.2 Å². The molecule has 0 aromatic heterocycles. The van der Waals surface area contributed by atoms with Gasteiger partial charge in [0.15, 0.2) is 0 Å². The normalized spacial score (nSPS) is 23.7. The van der Waals surface area contributed by atoms with Crippen LogP contribution >= 0.6 is 0 Å². The van der Waals surface area contributed by atoms with Gasteiger partial charge in [-0.2, -0.15) is 0 Å². The SMILES string of the molecule is CN(CCNC1CCCCCC1)CC1CCCC1. The summed E-state index contributed by atoms with van der Waals surface area (Å²) in [6.45, 7) is 3.74. The van der Waals surface area contributed by atoms with Crippen LogP contribution in [0.4, 0.5) is 0 Å². The van der Waals surface area contributed by atoms with Crippen LogP contribution in [0.2, 0.25) is 0 Å². The summed E-state index contributed by atoms with van der Waals surface area (Å²) in [4.78, 5) is 2.54. The fraction of sp³-hybridized carbons (Fsp3) is 1.00. The minimum Gasteiger partial charge on any atom is -0.313 e. The third-order valence-corrected chi connectivity index (χ3v) is 4.83. The highest BCUT2D eigenvalue weighted by Crippen LogP contribution is 2.25. The molecule has 18 heavy (non-hydrogen) atoms. The van der Waals surface area contributed by atoms with Crippen LogP contribution in [-0.2, 0) is 0 Å². The van der Waals surface area contributed by atoms with Crippen molar-refractivity contribution in [2.75, 3.05) is 26.7 Å². The average Bonchev–Trinajstić information content (AvgIpc) is 2.72. The molecule has 0 radical (unpaired) electrons. The van der Waals surface area contributed by atoms with Crippen LogP contribution in [-0.4, -0.2) is 37.6 Å². The lowest BCUT2D eigenvalue weighted by molar-refractivity contribution is 0.271. The number of likely N-dealkylation sites (N-methyl/N-ethyl adjacent to an activating group) is 1. The zero-order valence-corrected chi connectivity index (χ0v) is 12.3. The summed E-state index contributed by atoms with van der Waals surface area (Å²) in [5.41, 5.74) is 0. The van der Waals surface area contributed by atoms with Gasteiger partial charge in [-0.15, -0.1) is 0 Å². The Labute approximate surface area is 114 Å². The molecule has 0 atom stereocenters. The molecule has 2 nitrogen and oxygen atoms in total. The molecule has 0 bridgehead atoms. The van der Waals surface area contributed by atoms with E-state index in [2.05, 4.69) is 17.3 Å². The van der Waals surface area contributed by atoms with E-state index in [0.717, 1.165) is 12.0 Å². The molecular formula is C16H32N2. The average molecular weight is 252 g/mol. The first-order valence-electron chi connectivity index (χ1n) is 8.26. The van der Waals surface area contributed by atoms with Crippen LogP contribution in [0.25, 0.3) is 0 Å².